The molecule has 12 heteroatoms. The fraction of sp³-hybridized carbons (Fsp3) is 0.393. The smallest absolute Gasteiger partial charge is 0.310 e. The number of hydrogen-bond donors (Lipinski definition) is 2. The van der Waals surface area contributed by atoms with E-state index in [4.69, 9.17) is 4.98 Å². The first-order valence-electron chi connectivity index (χ1n) is 13.0. The zero-order valence-electron chi connectivity index (χ0n) is 22.0. The first kappa shape index (κ1) is 28.3. The summed E-state index contributed by atoms with van der Waals surface area (Å²) in [6.45, 7) is 4.10. The first-order chi connectivity index (χ1) is 18.5. The fourth-order valence-electron chi connectivity index (χ4n) is 5.26. The molecule has 1 aliphatic carbocycles. The Balaban J connectivity index is 1.42. The molecule has 5 rings (SSSR count). The molecule has 216 valence electrons. The monoisotopic (exact) mass is 583 g/mol. The lowest BCUT2D eigenvalue weighted by Crippen LogP contribution is -2.36. The SMILES string of the molecule is CC(C)c1cccc(C2(c3nc4c(c(=O)[nH]3)CN(C(=O)C(O)c3cccc(S(F)(F)(F)(F)F)c3)CCC4)CC2)c1. The summed E-state index contributed by atoms with van der Waals surface area (Å²) in [5, 5.41) is 10.6. The van der Waals surface area contributed by atoms with E-state index in [1.165, 1.54) is 5.56 Å². The summed E-state index contributed by atoms with van der Waals surface area (Å²) >= 11 is 0. The Morgan fingerprint density at radius 1 is 1.05 bits per heavy atom. The number of rotatable bonds is 6. The minimum absolute atomic E-state index is 0.0971. The van der Waals surface area contributed by atoms with Crippen LogP contribution < -0.4 is 5.56 Å². The van der Waals surface area contributed by atoms with E-state index in [2.05, 4.69) is 31.0 Å². The number of amides is 1. The van der Waals surface area contributed by atoms with Crippen LogP contribution in [0.4, 0.5) is 19.4 Å². The molecular weight excluding hydrogens is 553 g/mol. The van der Waals surface area contributed by atoms with Crippen LogP contribution in [0.2, 0.25) is 0 Å². The molecule has 6 nitrogen and oxygen atoms in total. The van der Waals surface area contributed by atoms with E-state index < -0.39 is 43.7 Å². The summed E-state index contributed by atoms with van der Waals surface area (Å²) < 4.78 is 66.4. The van der Waals surface area contributed by atoms with Crippen LogP contribution in [0.25, 0.3) is 0 Å². The van der Waals surface area contributed by atoms with Crippen molar-refractivity contribution in [3.05, 3.63) is 92.7 Å². The van der Waals surface area contributed by atoms with Crippen LogP contribution in [0.1, 0.15) is 78.9 Å². The zero-order valence-corrected chi connectivity index (χ0v) is 22.8. The van der Waals surface area contributed by atoms with Crippen LogP contribution >= 0.6 is 10.2 Å². The van der Waals surface area contributed by atoms with Crippen molar-refractivity contribution in [1.82, 2.24) is 14.9 Å². The van der Waals surface area contributed by atoms with Crippen molar-refractivity contribution in [2.75, 3.05) is 6.54 Å². The number of carbonyl (C=O) groups is 1. The Morgan fingerprint density at radius 3 is 2.38 bits per heavy atom. The quantitative estimate of drug-likeness (QED) is 0.319. The predicted octanol–water partition coefficient (Wildman–Crippen LogP) is 6.64. The molecule has 1 amide bonds. The molecule has 0 spiro atoms. The number of fused-ring (bicyclic) bond motifs is 1. The van der Waals surface area contributed by atoms with Gasteiger partial charge < -0.3 is 15.0 Å². The molecule has 1 atom stereocenters. The topological polar surface area (TPSA) is 86.3 Å². The molecule has 1 aliphatic heterocycles. The van der Waals surface area contributed by atoms with Crippen molar-refractivity contribution >= 4 is 16.1 Å². The molecule has 2 aliphatic rings. The fourth-order valence-corrected chi connectivity index (χ4v) is 5.95. The van der Waals surface area contributed by atoms with Crippen LogP contribution in [0.5, 0.6) is 0 Å². The number of aromatic nitrogens is 2. The summed E-state index contributed by atoms with van der Waals surface area (Å²) in [4.78, 5) is 33.0. The number of aryl methyl sites for hydroxylation is 1. The molecule has 1 fully saturated rings. The highest BCUT2D eigenvalue weighted by molar-refractivity contribution is 8.45. The van der Waals surface area contributed by atoms with Gasteiger partial charge in [-0.2, -0.15) is 0 Å². The van der Waals surface area contributed by atoms with E-state index in [1.807, 2.05) is 12.1 Å². The number of hydrogen-bond acceptors (Lipinski definition) is 4. The number of H-pyrrole nitrogens is 1. The van der Waals surface area contributed by atoms with E-state index in [1.54, 1.807) is 0 Å². The van der Waals surface area contributed by atoms with Crippen LogP contribution in [0.15, 0.2) is 58.2 Å². The number of nitrogens with zero attached hydrogens (tertiary/aromatic N) is 2. The van der Waals surface area contributed by atoms with Crippen LogP contribution in [-0.4, -0.2) is 32.4 Å². The normalized spacial score (nSPS) is 19.3. The minimum atomic E-state index is -10.0. The average Bonchev–Trinajstić information content (AvgIpc) is 3.71. The van der Waals surface area contributed by atoms with Crippen LogP contribution in [-0.2, 0) is 23.2 Å². The van der Waals surface area contributed by atoms with Crippen LogP contribution in [0.3, 0.4) is 0 Å². The lowest BCUT2D eigenvalue weighted by Gasteiger charge is -2.40. The van der Waals surface area contributed by atoms with Crippen molar-refractivity contribution in [3.8, 4) is 0 Å². The molecule has 0 bridgehead atoms. The van der Waals surface area contributed by atoms with E-state index in [9.17, 15) is 34.1 Å². The molecular formula is C28H30F5N3O3S. The van der Waals surface area contributed by atoms with Crippen LogP contribution in [0, 0.1) is 0 Å². The highest BCUT2D eigenvalue weighted by Crippen LogP contribution is 3.02. The summed E-state index contributed by atoms with van der Waals surface area (Å²) in [6.07, 6.45) is 0.308. The Hall–Kier alpha value is -3.25. The third-order valence-electron chi connectivity index (χ3n) is 7.77. The average molecular weight is 584 g/mol. The molecule has 0 radical (unpaired) electrons. The van der Waals surface area contributed by atoms with E-state index in [0.717, 1.165) is 35.4 Å². The Morgan fingerprint density at radius 2 is 1.73 bits per heavy atom. The van der Waals surface area contributed by atoms with Gasteiger partial charge >= 0.3 is 10.2 Å². The number of aliphatic hydroxyl groups excluding tert-OH is 1. The summed E-state index contributed by atoms with van der Waals surface area (Å²) in [6, 6.07) is 10.2. The number of halogens is 5. The molecule has 3 aromatic rings. The summed E-state index contributed by atoms with van der Waals surface area (Å²) in [5.74, 6) is -0.0906. The van der Waals surface area contributed by atoms with Gasteiger partial charge in [0.25, 0.3) is 11.5 Å². The largest absolute Gasteiger partial charge is 0.378 e. The molecule has 1 unspecified atom stereocenters. The van der Waals surface area contributed by atoms with E-state index in [0.29, 0.717) is 30.3 Å². The van der Waals surface area contributed by atoms with Gasteiger partial charge in [0.1, 0.15) is 10.7 Å². The van der Waals surface area contributed by atoms with E-state index >= 15 is 0 Å². The molecule has 1 saturated carbocycles. The highest BCUT2D eigenvalue weighted by Gasteiger charge is 2.65. The number of benzene rings is 2. The maximum atomic E-state index is 13.3. The van der Waals surface area contributed by atoms with Gasteiger partial charge in [-0.3, -0.25) is 9.59 Å². The van der Waals surface area contributed by atoms with Crippen molar-refractivity contribution in [2.45, 2.75) is 68.4 Å². The Bertz CT molecular complexity index is 1550. The molecule has 0 saturated heterocycles. The van der Waals surface area contributed by atoms with Gasteiger partial charge in [0.05, 0.1) is 23.2 Å². The second-order valence-corrected chi connectivity index (χ2v) is 13.4. The Labute approximate surface area is 228 Å². The first-order valence-corrected chi connectivity index (χ1v) is 15.0. The number of aliphatic hydroxyl groups is 1. The van der Waals surface area contributed by atoms with Gasteiger partial charge in [0.2, 0.25) is 0 Å². The zero-order chi connectivity index (χ0) is 29.2. The van der Waals surface area contributed by atoms with Gasteiger partial charge in [-0.1, -0.05) is 69.7 Å². The summed E-state index contributed by atoms with van der Waals surface area (Å²) in [7, 11) is -10.0. The Kier molecular flexibility index (Phi) is 6.27. The number of nitrogens with one attached hydrogen (secondary N) is 1. The van der Waals surface area contributed by atoms with Crippen molar-refractivity contribution in [3.63, 3.8) is 0 Å². The van der Waals surface area contributed by atoms with Gasteiger partial charge in [-0.05, 0) is 60.4 Å². The van der Waals surface area contributed by atoms with Gasteiger partial charge in [-0.25, -0.2) is 4.98 Å². The maximum absolute atomic E-state index is 13.3. The molecule has 2 N–H and O–H groups in total. The second-order valence-electron chi connectivity index (χ2n) is 11.0. The molecule has 2 aromatic carbocycles. The lowest BCUT2D eigenvalue weighted by atomic mass is 9.90. The lowest BCUT2D eigenvalue weighted by molar-refractivity contribution is -0.141. The third-order valence-corrected chi connectivity index (χ3v) is 8.91. The van der Waals surface area contributed by atoms with Crippen molar-refractivity contribution in [1.29, 1.82) is 0 Å². The molecule has 1 aromatic heterocycles. The van der Waals surface area contributed by atoms with E-state index in [-0.39, 0.29) is 30.8 Å². The van der Waals surface area contributed by atoms with Gasteiger partial charge in [-0.15, -0.1) is 0 Å². The predicted molar refractivity (Wildman–Crippen MR) is 142 cm³/mol. The highest BCUT2D eigenvalue weighted by atomic mass is 32.5. The number of carbonyl (C=O) groups excluding carboxylic acids is 1. The minimum Gasteiger partial charge on any atom is -0.378 e. The van der Waals surface area contributed by atoms with Gasteiger partial charge in [0, 0.05) is 6.54 Å². The third kappa shape index (κ3) is 5.38. The summed E-state index contributed by atoms with van der Waals surface area (Å²) in [5.41, 5.74) is 1.58. The maximum Gasteiger partial charge on any atom is 0.310 e. The van der Waals surface area contributed by atoms with Gasteiger partial charge in [0.15, 0.2) is 6.10 Å². The second kappa shape index (κ2) is 8.87. The van der Waals surface area contributed by atoms with Crippen molar-refractivity contribution < 1.29 is 29.3 Å². The van der Waals surface area contributed by atoms with Crippen molar-refractivity contribution in [2.24, 2.45) is 0 Å². The standard InChI is InChI=1S/C28H30F5N3O3S/c1-17(2)18-6-3-8-20(14-18)28(11-12-28)27-34-23-10-5-13-36(16-22(23)25(38)35-27)26(39)24(37)19-7-4-9-21(15-19)40(29,30,31,32)33/h3-4,6-9,14-15,17,24,37H,5,10-13,16H2,1-2H3,(H,34,35,38). The molecule has 2 heterocycles. The molecule has 40 heavy (non-hydrogen) atoms. The number of aromatic amines is 1.